The Bertz CT molecular complexity index is 949. The van der Waals surface area contributed by atoms with Crippen LogP contribution in [0.1, 0.15) is 31.6 Å². The highest BCUT2D eigenvalue weighted by atomic mass is 16.5. The normalized spacial score (nSPS) is 16.9. The molecule has 0 spiro atoms. The Kier molecular flexibility index (Phi) is 4.01. The van der Waals surface area contributed by atoms with Crippen LogP contribution in [0, 0.1) is 0 Å². The number of amides is 1. The third-order valence-corrected chi connectivity index (χ3v) is 4.62. The first-order valence-electron chi connectivity index (χ1n) is 8.52. The summed E-state index contributed by atoms with van der Waals surface area (Å²) in [6, 6.07) is 8.17. The maximum Gasteiger partial charge on any atom is 0.216 e. The van der Waals surface area contributed by atoms with E-state index in [1.54, 1.807) is 0 Å². The van der Waals surface area contributed by atoms with E-state index in [1.807, 2.05) is 18.2 Å². The van der Waals surface area contributed by atoms with Gasteiger partial charge in [0.15, 0.2) is 5.82 Å². The second-order valence-electron chi connectivity index (χ2n) is 6.40. The van der Waals surface area contributed by atoms with E-state index in [4.69, 9.17) is 15.5 Å². The zero-order chi connectivity index (χ0) is 17.4. The Morgan fingerprint density at radius 2 is 2.24 bits per heavy atom. The van der Waals surface area contributed by atoms with E-state index in [-0.39, 0.29) is 11.9 Å². The zero-order valence-electron chi connectivity index (χ0n) is 14.2. The van der Waals surface area contributed by atoms with Crippen LogP contribution in [0.3, 0.4) is 0 Å². The molecule has 1 aliphatic rings. The monoisotopic (exact) mass is 339 g/mol. The first-order valence-corrected chi connectivity index (χ1v) is 8.52. The maximum atomic E-state index is 11.0. The van der Waals surface area contributed by atoms with Crippen LogP contribution in [0.25, 0.3) is 21.9 Å². The van der Waals surface area contributed by atoms with Crippen molar-refractivity contribution in [1.82, 2.24) is 19.9 Å². The molecule has 3 heterocycles. The molecule has 4 rings (SSSR count). The fraction of sp³-hybridized carbons (Fsp3) is 0.389. The molecule has 0 saturated carbocycles. The smallest absolute Gasteiger partial charge is 0.216 e. The van der Waals surface area contributed by atoms with Gasteiger partial charge in [-0.2, -0.15) is 0 Å². The van der Waals surface area contributed by atoms with Crippen molar-refractivity contribution in [2.45, 2.75) is 32.4 Å². The highest BCUT2D eigenvalue weighted by molar-refractivity contribution is 6.06. The number of nitrogens with zero attached hydrogens (tertiary/aromatic N) is 3. The van der Waals surface area contributed by atoms with Crippen LogP contribution in [0.4, 0.5) is 5.82 Å². The molecule has 2 aromatic heterocycles. The Balaban J connectivity index is 1.77. The predicted molar refractivity (Wildman–Crippen MR) is 96.1 cm³/mol. The molecule has 1 aliphatic heterocycles. The zero-order valence-corrected chi connectivity index (χ0v) is 14.2. The fourth-order valence-corrected chi connectivity index (χ4v) is 3.54. The van der Waals surface area contributed by atoms with Crippen molar-refractivity contribution in [2.75, 3.05) is 18.9 Å². The Labute approximate surface area is 145 Å². The number of aromatic nitrogens is 3. The lowest BCUT2D eigenvalue weighted by Crippen LogP contribution is -2.26. The second-order valence-corrected chi connectivity index (χ2v) is 6.40. The summed E-state index contributed by atoms with van der Waals surface area (Å²) in [6.07, 6.45) is 1.78. The van der Waals surface area contributed by atoms with Gasteiger partial charge in [-0.1, -0.05) is 18.2 Å². The number of pyridine rings is 1. The van der Waals surface area contributed by atoms with Gasteiger partial charge < -0.3 is 20.4 Å². The number of para-hydroxylation sites is 1. The Morgan fingerprint density at radius 1 is 1.40 bits per heavy atom. The number of anilines is 1. The Morgan fingerprint density at radius 3 is 3.08 bits per heavy atom. The molecule has 7 nitrogen and oxygen atoms in total. The molecular formula is C18H21N5O2. The summed E-state index contributed by atoms with van der Waals surface area (Å²) in [4.78, 5) is 20.2. The van der Waals surface area contributed by atoms with Gasteiger partial charge in [-0.05, 0) is 18.9 Å². The molecule has 7 heteroatoms. The van der Waals surface area contributed by atoms with E-state index in [2.05, 4.69) is 20.9 Å². The number of hydrogen-bond donors (Lipinski definition) is 2. The molecule has 0 aliphatic carbocycles. The number of nitrogen functional groups attached to an aromatic ring is 1. The standard InChI is InChI=1S/C18H21N5O2/c1-11(24)20-8-4-5-12-9-25-10-15-22-16-17(23(12)15)13-6-2-3-7-14(13)21-18(16)19/h2-3,6-7,12H,4-5,8-10H2,1H3,(H2,19,21)(H,20,24)/t12-/m1/s1. The number of ether oxygens (including phenoxy) is 1. The van der Waals surface area contributed by atoms with Crippen LogP contribution in [0.15, 0.2) is 24.3 Å². The fourth-order valence-electron chi connectivity index (χ4n) is 3.54. The Hall–Kier alpha value is -2.67. The molecule has 3 aromatic rings. The molecule has 0 unspecified atom stereocenters. The van der Waals surface area contributed by atoms with Gasteiger partial charge >= 0.3 is 0 Å². The van der Waals surface area contributed by atoms with Crippen molar-refractivity contribution in [2.24, 2.45) is 0 Å². The highest BCUT2D eigenvalue weighted by Crippen LogP contribution is 2.34. The van der Waals surface area contributed by atoms with Crippen molar-refractivity contribution >= 4 is 33.7 Å². The minimum atomic E-state index is -0.00138. The van der Waals surface area contributed by atoms with Crippen molar-refractivity contribution in [3.05, 3.63) is 30.1 Å². The average Bonchev–Trinajstić information content (AvgIpc) is 3.00. The summed E-state index contributed by atoms with van der Waals surface area (Å²) in [7, 11) is 0. The van der Waals surface area contributed by atoms with Crippen molar-refractivity contribution < 1.29 is 9.53 Å². The number of rotatable bonds is 4. The number of imidazole rings is 1. The van der Waals surface area contributed by atoms with Gasteiger partial charge in [-0.15, -0.1) is 0 Å². The number of carbonyl (C=O) groups is 1. The molecule has 0 saturated heterocycles. The molecule has 3 N–H and O–H groups in total. The summed E-state index contributed by atoms with van der Waals surface area (Å²) >= 11 is 0. The van der Waals surface area contributed by atoms with Crippen LogP contribution < -0.4 is 11.1 Å². The minimum absolute atomic E-state index is 0.00138. The second kappa shape index (κ2) is 6.33. The van der Waals surface area contributed by atoms with Gasteiger partial charge in [0.25, 0.3) is 0 Å². The van der Waals surface area contributed by atoms with Gasteiger partial charge in [-0.3, -0.25) is 4.79 Å². The lowest BCUT2D eigenvalue weighted by Gasteiger charge is -2.26. The predicted octanol–water partition coefficient (Wildman–Crippen LogP) is 2.15. The van der Waals surface area contributed by atoms with E-state index in [1.165, 1.54) is 6.92 Å². The number of nitrogens with one attached hydrogen (secondary N) is 1. The molecule has 1 atom stereocenters. The lowest BCUT2D eigenvalue weighted by atomic mass is 10.1. The van der Waals surface area contributed by atoms with Gasteiger partial charge in [-0.25, -0.2) is 9.97 Å². The molecule has 0 radical (unpaired) electrons. The summed E-state index contributed by atoms with van der Waals surface area (Å²) < 4.78 is 7.99. The van der Waals surface area contributed by atoms with Gasteiger partial charge in [0.05, 0.1) is 23.7 Å². The van der Waals surface area contributed by atoms with Gasteiger partial charge in [0, 0.05) is 18.9 Å². The van der Waals surface area contributed by atoms with Crippen molar-refractivity contribution in [1.29, 1.82) is 0 Å². The summed E-state index contributed by atoms with van der Waals surface area (Å²) in [6.45, 7) is 3.31. The van der Waals surface area contributed by atoms with E-state index in [0.717, 1.165) is 40.6 Å². The maximum absolute atomic E-state index is 11.0. The quantitative estimate of drug-likeness (QED) is 0.710. The third-order valence-electron chi connectivity index (χ3n) is 4.62. The minimum Gasteiger partial charge on any atom is -0.382 e. The third kappa shape index (κ3) is 2.80. The number of hydrogen-bond acceptors (Lipinski definition) is 5. The van der Waals surface area contributed by atoms with Crippen LogP contribution in [0.2, 0.25) is 0 Å². The van der Waals surface area contributed by atoms with E-state index >= 15 is 0 Å². The number of fused-ring (bicyclic) bond motifs is 5. The summed E-state index contributed by atoms with van der Waals surface area (Å²) in [5, 5.41) is 3.90. The molecule has 1 aromatic carbocycles. The first kappa shape index (κ1) is 15.8. The average molecular weight is 339 g/mol. The molecule has 25 heavy (non-hydrogen) atoms. The largest absolute Gasteiger partial charge is 0.382 e. The van der Waals surface area contributed by atoms with E-state index in [9.17, 15) is 4.79 Å². The first-order chi connectivity index (χ1) is 12.1. The van der Waals surface area contributed by atoms with Crippen LogP contribution in [-0.4, -0.2) is 33.6 Å². The van der Waals surface area contributed by atoms with Gasteiger partial charge in [0.2, 0.25) is 5.91 Å². The van der Waals surface area contributed by atoms with Crippen LogP contribution >= 0.6 is 0 Å². The van der Waals surface area contributed by atoms with Crippen LogP contribution in [-0.2, 0) is 16.1 Å². The molecule has 0 bridgehead atoms. The molecule has 130 valence electrons. The SMILES string of the molecule is CC(=O)NCCC[C@@H]1COCc2nc3c(N)nc4ccccc4c3n21. The molecule has 1 amide bonds. The van der Waals surface area contributed by atoms with E-state index in [0.29, 0.717) is 25.6 Å². The number of carbonyl (C=O) groups excluding carboxylic acids is 1. The van der Waals surface area contributed by atoms with E-state index < -0.39 is 0 Å². The molecular weight excluding hydrogens is 318 g/mol. The van der Waals surface area contributed by atoms with Gasteiger partial charge in [0.1, 0.15) is 17.9 Å². The number of nitrogens with two attached hydrogens (primary N) is 1. The molecule has 0 fully saturated rings. The highest BCUT2D eigenvalue weighted by Gasteiger charge is 2.26. The van der Waals surface area contributed by atoms with Crippen molar-refractivity contribution in [3.8, 4) is 0 Å². The summed E-state index contributed by atoms with van der Waals surface area (Å²) in [5.41, 5.74) is 8.81. The summed E-state index contributed by atoms with van der Waals surface area (Å²) in [5.74, 6) is 1.33. The topological polar surface area (TPSA) is 95.1 Å². The van der Waals surface area contributed by atoms with Crippen LogP contribution in [0.5, 0.6) is 0 Å². The van der Waals surface area contributed by atoms with Crippen molar-refractivity contribution in [3.63, 3.8) is 0 Å². The lowest BCUT2D eigenvalue weighted by molar-refractivity contribution is -0.118. The number of benzene rings is 1.